The Morgan fingerprint density at radius 3 is 2.81 bits per heavy atom. The number of hydrogen-bond acceptors (Lipinski definition) is 9. The third kappa shape index (κ3) is 4.47. The van der Waals surface area contributed by atoms with Crippen molar-refractivity contribution in [2.24, 2.45) is 0 Å². The molecule has 0 radical (unpaired) electrons. The van der Waals surface area contributed by atoms with Crippen LogP contribution in [0.3, 0.4) is 0 Å². The number of para-hydroxylation sites is 1. The van der Waals surface area contributed by atoms with Gasteiger partial charge in [-0.2, -0.15) is 9.97 Å². The summed E-state index contributed by atoms with van der Waals surface area (Å²) in [6, 6.07) is 13.6. The van der Waals surface area contributed by atoms with Crippen molar-refractivity contribution in [3.05, 3.63) is 48.7 Å². The Morgan fingerprint density at radius 1 is 1.11 bits per heavy atom. The Labute approximate surface area is 214 Å². The fourth-order valence-electron chi connectivity index (χ4n) is 4.84. The Morgan fingerprint density at radius 2 is 1.97 bits per heavy atom. The summed E-state index contributed by atoms with van der Waals surface area (Å²) in [6.45, 7) is 6.23. The van der Waals surface area contributed by atoms with Gasteiger partial charge in [-0.1, -0.05) is 12.1 Å². The molecule has 1 fully saturated rings. The van der Waals surface area contributed by atoms with E-state index >= 15 is 0 Å². The topological polar surface area (TPSA) is 114 Å². The smallest absolute Gasteiger partial charge is 0.231 e. The lowest BCUT2D eigenvalue weighted by Gasteiger charge is -2.41. The predicted molar refractivity (Wildman–Crippen MR) is 146 cm³/mol. The van der Waals surface area contributed by atoms with E-state index in [9.17, 15) is 4.57 Å². The van der Waals surface area contributed by atoms with Crippen LogP contribution in [0.2, 0.25) is 0 Å². The van der Waals surface area contributed by atoms with Crippen molar-refractivity contribution >= 4 is 52.3 Å². The maximum absolute atomic E-state index is 12.9. The van der Waals surface area contributed by atoms with Crippen molar-refractivity contribution in [3.63, 3.8) is 0 Å². The van der Waals surface area contributed by atoms with E-state index in [1.165, 1.54) is 0 Å². The molecule has 0 unspecified atom stereocenters. The molecule has 0 aliphatic carbocycles. The van der Waals surface area contributed by atoms with Crippen LogP contribution in [0.1, 0.15) is 0 Å². The first-order chi connectivity index (χ1) is 17.9. The summed E-state index contributed by atoms with van der Waals surface area (Å²) in [5, 5.41) is 8.29. The molecule has 0 spiro atoms. The van der Waals surface area contributed by atoms with Crippen LogP contribution in [-0.4, -0.2) is 67.8 Å². The van der Waals surface area contributed by atoms with Gasteiger partial charge >= 0.3 is 0 Å². The summed E-state index contributed by atoms with van der Waals surface area (Å²) in [7, 11) is -0.870. The SMILES string of the molecule is COc1cc2c(cc1Nc1nc(Nc3ccccc3P(C)(C)=O)c3cc[nH]c3n1)OC[C@@H]1COCCN21. The summed E-state index contributed by atoms with van der Waals surface area (Å²) in [5.74, 6) is 2.40. The molecule has 1 saturated heterocycles. The van der Waals surface area contributed by atoms with E-state index in [4.69, 9.17) is 19.2 Å². The molecular formula is C26H29N6O4P. The average Bonchev–Trinajstić information content (AvgIpc) is 3.37. The minimum atomic E-state index is -2.51. The van der Waals surface area contributed by atoms with E-state index in [1.54, 1.807) is 20.4 Å². The highest BCUT2D eigenvalue weighted by Crippen LogP contribution is 2.43. The van der Waals surface area contributed by atoms with Crippen LogP contribution < -0.4 is 30.3 Å². The zero-order valence-electron chi connectivity index (χ0n) is 20.9. The number of ether oxygens (including phenoxy) is 3. The molecule has 192 valence electrons. The first kappa shape index (κ1) is 23.6. The van der Waals surface area contributed by atoms with Crippen molar-refractivity contribution in [3.8, 4) is 11.5 Å². The largest absolute Gasteiger partial charge is 0.494 e. The molecule has 2 aromatic carbocycles. The first-order valence-corrected chi connectivity index (χ1v) is 14.7. The minimum absolute atomic E-state index is 0.196. The number of morpholine rings is 1. The van der Waals surface area contributed by atoms with Crippen LogP contribution in [0, 0.1) is 0 Å². The van der Waals surface area contributed by atoms with E-state index < -0.39 is 7.14 Å². The second kappa shape index (κ2) is 9.28. The molecule has 37 heavy (non-hydrogen) atoms. The molecule has 2 aliphatic heterocycles. The highest BCUT2D eigenvalue weighted by atomic mass is 31.2. The van der Waals surface area contributed by atoms with Crippen molar-refractivity contribution in [1.29, 1.82) is 0 Å². The number of H-pyrrole nitrogens is 1. The van der Waals surface area contributed by atoms with Crippen LogP contribution >= 0.6 is 7.14 Å². The summed E-state index contributed by atoms with van der Waals surface area (Å²) in [4.78, 5) is 14.9. The average molecular weight is 521 g/mol. The summed E-state index contributed by atoms with van der Waals surface area (Å²) in [6.07, 6.45) is 1.82. The van der Waals surface area contributed by atoms with Gasteiger partial charge in [0.05, 0.1) is 48.8 Å². The molecule has 4 aromatic rings. The van der Waals surface area contributed by atoms with Crippen LogP contribution in [0.15, 0.2) is 48.7 Å². The van der Waals surface area contributed by atoms with Gasteiger partial charge in [0.1, 0.15) is 36.7 Å². The van der Waals surface area contributed by atoms with Gasteiger partial charge in [-0.25, -0.2) is 0 Å². The number of nitrogens with one attached hydrogen (secondary N) is 3. The van der Waals surface area contributed by atoms with Gasteiger partial charge in [0.25, 0.3) is 0 Å². The van der Waals surface area contributed by atoms with Crippen molar-refractivity contribution in [2.75, 3.05) is 62.3 Å². The fourth-order valence-corrected chi connectivity index (χ4v) is 6.00. The number of fused-ring (bicyclic) bond motifs is 4. The molecule has 6 rings (SSSR count). The second-order valence-corrected chi connectivity index (χ2v) is 12.7. The van der Waals surface area contributed by atoms with Crippen LogP contribution in [-0.2, 0) is 9.30 Å². The molecule has 0 amide bonds. The predicted octanol–water partition coefficient (Wildman–Crippen LogP) is 4.30. The number of benzene rings is 2. The molecular weight excluding hydrogens is 491 g/mol. The molecule has 3 N–H and O–H groups in total. The van der Waals surface area contributed by atoms with Crippen molar-refractivity contribution in [1.82, 2.24) is 15.0 Å². The molecule has 2 aliphatic rings. The van der Waals surface area contributed by atoms with E-state index in [0.717, 1.165) is 34.4 Å². The highest BCUT2D eigenvalue weighted by Gasteiger charge is 2.31. The summed E-state index contributed by atoms with van der Waals surface area (Å²) >= 11 is 0. The van der Waals surface area contributed by atoms with E-state index in [0.29, 0.717) is 48.7 Å². The standard InChI is InChI=1S/C26H29N6O4P/c1-34-21-13-20-22(36-15-16-14-35-11-10-32(16)20)12-19(21)29-26-30-24-17(8-9-27-24)25(31-26)28-18-6-4-5-7-23(18)37(2,3)33/h4-9,12-13,16H,10-11,14-15H2,1-3H3,(H3,27,28,29,30,31)/t16-/m0/s1. The van der Waals surface area contributed by atoms with E-state index in [2.05, 4.69) is 25.5 Å². The zero-order chi connectivity index (χ0) is 25.6. The van der Waals surface area contributed by atoms with Gasteiger partial charge in [0.15, 0.2) is 0 Å². The van der Waals surface area contributed by atoms with Crippen molar-refractivity contribution < 1.29 is 18.8 Å². The second-order valence-electron chi connectivity index (χ2n) is 9.51. The number of aromatic amines is 1. The normalized spacial score (nSPS) is 17.1. The maximum atomic E-state index is 12.9. The van der Waals surface area contributed by atoms with Crippen LogP contribution in [0.25, 0.3) is 11.0 Å². The quantitative estimate of drug-likeness (QED) is 0.320. The number of rotatable bonds is 6. The van der Waals surface area contributed by atoms with E-state index in [-0.39, 0.29) is 6.04 Å². The molecule has 0 bridgehead atoms. The lowest BCUT2D eigenvalue weighted by atomic mass is 10.1. The molecule has 0 saturated carbocycles. The number of methoxy groups -OCH3 is 1. The lowest BCUT2D eigenvalue weighted by Crippen LogP contribution is -2.51. The summed E-state index contributed by atoms with van der Waals surface area (Å²) in [5.41, 5.74) is 3.10. The van der Waals surface area contributed by atoms with Crippen molar-refractivity contribution in [2.45, 2.75) is 6.04 Å². The Hall–Kier alpha value is -3.75. The third-order valence-corrected chi connectivity index (χ3v) is 8.20. The minimum Gasteiger partial charge on any atom is -0.494 e. The molecule has 10 nitrogen and oxygen atoms in total. The zero-order valence-corrected chi connectivity index (χ0v) is 21.8. The molecule has 4 heterocycles. The van der Waals surface area contributed by atoms with Gasteiger partial charge in [-0.15, -0.1) is 0 Å². The number of nitrogens with zero attached hydrogens (tertiary/aromatic N) is 3. The number of anilines is 5. The van der Waals surface area contributed by atoms with Gasteiger partial charge in [0, 0.05) is 30.2 Å². The molecule has 1 atom stereocenters. The lowest BCUT2D eigenvalue weighted by molar-refractivity contribution is 0.0705. The van der Waals surface area contributed by atoms with Crippen LogP contribution in [0.4, 0.5) is 28.8 Å². The van der Waals surface area contributed by atoms with Gasteiger partial charge in [0.2, 0.25) is 5.95 Å². The highest BCUT2D eigenvalue weighted by molar-refractivity contribution is 7.70. The van der Waals surface area contributed by atoms with Gasteiger partial charge < -0.3 is 39.3 Å². The van der Waals surface area contributed by atoms with E-state index in [1.807, 2.05) is 48.7 Å². The van der Waals surface area contributed by atoms with Gasteiger partial charge in [-0.05, 0) is 31.5 Å². The maximum Gasteiger partial charge on any atom is 0.231 e. The molecule has 11 heteroatoms. The monoisotopic (exact) mass is 520 g/mol. The van der Waals surface area contributed by atoms with Crippen LogP contribution in [0.5, 0.6) is 11.5 Å². The first-order valence-electron chi connectivity index (χ1n) is 12.1. The molecule has 2 aromatic heterocycles. The number of hydrogen-bond donors (Lipinski definition) is 3. The fraction of sp³-hybridized carbons (Fsp3) is 0.308. The number of aromatic nitrogens is 3. The Kier molecular flexibility index (Phi) is 5.93. The Balaban J connectivity index is 1.36. The Bertz CT molecular complexity index is 1520. The van der Waals surface area contributed by atoms with Gasteiger partial charge in [-0.3, -0.25) is 0 Å². The third-order valence-electron chi connectivity index (χ3n) is 6.65. The summed E-state index contributed by atoms with van der Waals surface area (Å²) < 4.78 is 30.3.